The smallest absolute Gasteiger partial charge is 0.227 e. The van der Waals surface area contributed by atoms with Crippen LogP contribution in [0.25, 0.3) is 0 Å². The van der Waals surface area contributed by atoms with E-state index in [0.717, 1.165) is 31.5 Å². The number of aldehydes is 1. The Morgan fingerprint density at radius 2 is 1.19 bits per heavy atom. The van der Waals surface area contributed by atoms with E-state index in [1.54, 1.807) is 0 Å². The van der Waals surface area contributed by atoms with E-state index in [-0.39, 0.29) is 5.91 Å². The highest BCUT2D eigenvalue weighted by atomic mass is 16.2. The minimum absolute atomic E-state index is 0.117. The van der Waals surface area contributed by atoms with Crippen LogP contribution in [0.5, 0.6) is 0 Å². The molecule has 0 fully saturated rings. The topological polar surface area (TPSA) is 49.4 Å². The molecule has 206 valence electrons. The largest absolute Gasteiger partial charge is 0.371 e. The van der Waals surface area contributed by atoms with E-state index in [4.69, 9.17) is 0 Å². The molecule has 0 saturated heterocycles. The summed E-state index contributed by atoms with van der Waals surface area (Å²) < 4.78 is 0. The van der Waals surface area contributed by atoms with Crippen LogP contribution in [0.15, 0.2) is 24.3 Å². The molecule has 0 unspecified atom stereocenters. The minimum atomic E-state index is -0.478. The monoisotopic (exact) mass is 500 g/mol. The fourth-order valence-corrected chi connectivity index (χ4v) is 4.81. The number of anilines is 1. The maximum atomic E-state index is 12.8. The van der Waals surface area contributed by atoms with Crippen molar-refractivity contribution in [2.75, 3.05) is 24.5 Å². The molecule has 0 radical (unpaired) electrons. The molecule has 1 amide bonds. The van der Waals surface area contributed by atoms with E-state index in [1.807, 2.05) is 38.1 Å². The van der Waals surface area contributed by atoms with E-state index in [2.05, 4.69) is 24.1 Å². The summed E-state index contributed by atoms with van der Waals surface area (Å²) >= 11 is 0. The third-order valence-corrected chi connectivity index (χ3v) is 7.29. The highest BCUT2D eigenvalue weighted by Crippen LogP contribution is 2.23. The fraction of sp³-hybridized carbons (Fsp3) is 0.750. The van der Waals surface area contributed by atoms with Gasteiger partial charge in [-0.3, -0.25) is 9.59 Å². The molecule has 0 bridgehead atoms. The Morgan fingerprint density at radius 3 is 1.61 bits per heavy atom. The van der Waals surface area contributed by atoms with Crippen molar-refractivity contribution in [3.8, 4) is 0 Å². The number of amides is 1. The van der Waals surface area contributed by atoms with Crippen molar-refractivity contribution in [2.45, 2.75) is 130 Å². The molecule has 0 aliphatic rings. The Morgan fingerprint density at radius 1 is 0.750 bits per heavy atom. The van der Waals surface area contributed by atoms with Crippen LogP contribution in [0.4, 0.5) is 5.69 Å². The SMILES string of the molecule is CCCCCCCCCCCCCCCCCCNC(=O)C(C)(C)CN(CC)c1ccc(C=O)cc1. The lowest BCUT2D eigenvalue weighted by Crippen LogP contribution is -2.45. The van der Waals surface area contributed by atoms with Crippen LogP contribution in [0.2, 0.25) is 0 Å². The van der Waals surface area contributed by atoms with E-state index in [0.29, 0.717) is 12.1 Å². The first-order valence-corrected chi connectivity index (χ1v) is 15.0. The van der Waals surface area contributed by atoms with Gasteiger partial charge in [0.05, 0.1) is 5.41 Å². The summed E-state index contributed by atoms with van der Waals surface area (Å²) in [5.74, 6) is 0.117. The van der Waals surface area contributed by atoms with Gasteiger partial charge >= 0.3 is 0 Å². The Kier molecular flexibility index (Phi) is 18.1. The molecule has 0 saturated carbocycles. The van der Waals surface area contributed by atoms with Gasteiger partial charge in [0.1, 0.15) is 6.29 Å². The number of hydrogen-bond donors (Lipinski definition) is 1. The lowest BCUT2D eigenvalue weighted by Gasteiger charge is -2.32. The predicted octanol–water partition coefficient (Wildman–Crippen LogP) is 8.73. The van der Waals surface area contributed by atoms with Crippen LogP contribution in [0, 0.1) is 5.41 Å². The van der Waals surface area contributed by atoms with Gasteiger partial charge in [-0.1, -0.05) is 103 Å². The van der Waals surface area contributed by atoms with Crippen molar-refractivity contribution in [1.29, 1.82) is 0 Å². The second kappa shape index (κ2) is 20.2. The molecular formula is C32H56N2O2. The maximum absolute atomic E-state index is 12.8. The molecule has 0 aliphatic heterocycles. The summed E-state index contributed by atoms with van der Waals surface area (Å²) in [4.78, 5) is 25.9. The molecule has 4 nitrogen and oxygen atoms in total. The first-order valence-electron chi connectivity index (χ1n) is 15.0. The molecule has 1 N–H and O–H groups in total. The summed E-state index contributed by atoms with van der Waals surface area (Å²) in [5.41, 5.74) is 1.24. The Labute approximate surface area is 223 Å². The molecule has 0 spiro atoms. The molecule has 0 aliphatic carbocycles. The summed E-state index contributed by atoms with van der Waals surface area (Å²) in [6.07, 6.45) is 22.6. The van der Waals surface area contributed by atoms with Gasteiger partial charge in [-0.05, 0) is 51.5 Å². The van der Waals surface area contributed by atoms with Gasteiger partial charge in [-0.25, -0.2) is 0 Å². The molecule has 0 aromatic heterocycles. The predicted molar refractivity (Wildman–Crippen MR) is 156 cm³/mol. The number of unbranched alkanes of at least 4 members (excludes halogenated alkanes) is 15. The first-order chi connectivity index (χ1) is 17.4. The molecular weight excluding hydrogens is 444 g/mol. The van der Waals surface area contributed by atoms with E-state index >= 15 is 0 Å². The van der Waals surface area contributed by atoms with Crippen LogP contribution in [-0.4, -0.2) is 31.8 Å². The Bertz CT molecular complexity index is 684. The van der Waals surface area contributed by atoms with E-state index < -0.39 is 5.41 Å². The number of rotatable bonds is 23. The normalized spacial score (nSPS) is 11.4. The van der Waals surface area contributed by atoms with Gasteiger partial charge in [-0.15, -0.1) is 0 Å². The van der Waals surface area contributed by atoms with Crippen LogP contribution in [-0.2, 0) is 4.79 Å². The van der Waals surface area contributed by atoms with Crippen molar-refractivity contribution in [3.63, 3.8) is 0 Å². The number of carbonyl (C=O) groups is 2. The number of benzene rings is 1. The molecule has 1 aromatic carbocycles. The number of hydrogen-bond acceptors (Lipinski definition) is 3. The van der Waals surface area contributed by atoms with E-state index in [9.17, 15) is 9.59 Å². The quantitative estimate of drug-likeness (QED) is 0.121. The van der Waals surface area contributed by atoms with Crippen molar-refractivity contribution >= 4 is 17.9 Å². The molecule has 0 atom stereocenters. The molecule has 1 aromatic rings. The molecule has 0 heterocycles. The van der Waals surface area contributed by atoms with Crippen LogP contribution < -0.4 is 10.2 Å². The first kappa shape index (κ1) is 32.2. The average molecular weight is 501 g/mol. The third-order valence-electron chi connectivity index (χ3n) is 7.29. The van der Waals surface area contributed by atoms with Gasteiger partial charge in [-0.2, -0.15) is 0 Å². The minimum Gasteiger partial charge on any atom is -0.371 e. The standard InChI is InChI=1S/C32H56N2O2/c1-5-7-8-9-10-11-12-13-14-15-16-17-18-19-20-21-26-33-31(36)32(3,4)28-34(6-2)30-24-22-29(27-35)23-25-30/h22-25,27H,5-21,26,28H2,1-4H3,(H,33,36). The molecule has 4 heteroatoms. The summed E-state index contributed by atoms with van der Waals surface area (Å²) in [7, 11) is 0. The highest BCUT2D eigenvalue weighted by molar-refractivity contribution is 5.82. The van der Waals surface area contributed by atoms with Crippen molar-refractivity contribution in [3.05, 3.63) is 29.8 Å². The molecule has 36 heavy (non-hydrogen) atoms. The van der Waals surface area contributed by atoms with Crippen molar-refractivity contribution in [1.82, 2.24) is 5.32 Å². The highest BCUT2D eigenvalue weighted by Gasteiger charge is 2.29. The molecule has 1 rings (SSSR count). The number of carbonyl (C=O) groups excluding carboxylic acids is 2. The van der Waals surface area contributed by atoms with Crippen LogP contribution in [0.1, 0.15) is 141 Å². The zero-order valence-electron chi connectivity index (χ0n) is 24.1. The van der Waals surface area contributed by atoms with Crippen LogP contribution in [0.3, 0.4) is 0 Å². The number of nitrogens with one attached hydrogen (secondary N) is 1. The van der Waals surface area contributed by atoms with Gasteiger partial charge in [0, 0.05) is 30.9 Å². The second-order valence-electron chi connectivity index (χ2n) is 11.2. The van der Waals surface area contributed by atoms with Gasteiger partial charge < -0.3 is 10.2 Å². The number of nitrogens with zero attached hydrogens (tertiary/aromatic N) is 1. The summed E-state index contributed by atoms with van der Waals surface area (Å²) in [6, 6.07) is 7.57. The third kappa shape index (κ3) is 14.7. The fourth-order valence-electron chi connectivity index (χ4n) is 4.81. The Balaban J connectivity index is 2.05. The second-order valence-corrected chi connectivity index (χ2v) is 11.2. The Hall–Kier alpha value is -1.84. The zero-order valence-corrected chi connectivity index (χ0v) is 24.1. The summed E-state index contributed by atoms with van der Waals surface area (Å²) in [6.45, 7) is 10.6. The summed E-state index contributed by atoms with van der Waals surface area (Å²) in [5, 5.41) is 3.16. The van der Waals surface area contributed by atoms with Gasteiger partial charge in [0.15, 0.2) is 0 Å². The average Bonchev–Trinajstić information content (AvgIpc) is 2.89. The van der Waals surface area contributed by atoms with Crippen molar-refractivity contribution in [2.24, 2.45) is 5.41 Å². The maximum Gasteiger partial charge on any atom is 0.227 e. The lowest BCUT2D eigenvalue weighted by atomic mass is 9.91. The van der Waals surface area contributed by atoms with E-state index in [1.165, 1.54) is 96.3 Å². The van der Waals surface area contributed by atoms with Crippen LogP contribution >= 0.6 is 0 Å². The van der Waals surface area contributed by atoms with Crippen molar-refractivity contribution < 1.29 is 9.59 Å². The van der Waals surface area contributed by atoms with Gasteiger partial charge in [0.25, 0.3) is 0 Å². The lowest BCUT2D eigenvalue weighted by molar-refractivity contribution is -0.128. The zero-order chi connectivity index (χ0) is 26.5. The van der Waals surface area contributed by atoms with Gasteiger partial charge in [0.2, 0.25) is 5.91 Å².